The zero-order chi connectivity index (χ0) is 67.2. The van der Waals surface area contributed by atoms with E-state index < -0.39 is 0 Å². The number of hydrogen-bond acceptors (Lipinski definition) is 2. The Morgan fingerprint density at radius 3 is 0.931 bits per heavy atom. The molecule has 0 aliphatic rings. The monoisotopic (exact) mass is 1300 g/mol. The van der Waals surface area contributed by atoms with E-state index in [1.54, 1.807) is 0 Å². The number of para-hydroxylation sites is 4. The lowest BCUT2D eigenvalue weighted by Gasteiger charge is -2.13. The molecule has 6 heterocycles. The molecule has 476 valence electrons. The molecular formula is C96H62N6. The lowest BCUT2D eigenvalue weighted by Crippen LogP contribution is -2.00. The number of hydrogen-bond donors (Lipinski definition) is 0. The maximum atomic E-state index is 5.32. The van der Waals surface area contributed by atoms with Crippen molar-refractivity contribution < 1.29 is 0 Å². The molecule has 0 radical (unpaired) electrons. The first-order valence-electron chi connectivity index (χ1n) is 34.9. The van der Waals surface area contributed by atoms with E-state index in [1.807, 2.05) is 6.07 Å². The standard InChI is InChI=1S/C51H33N3.C45H29N3/c1-3-13-34(14-4-1)40-32-46(36-16-5-2-6-17-36)52-51(33-40)54-48-22-12-10-20-43(48)45-31-39(25-28-50(45)54)38-24-27-49-44(30-38)42-19-9-11-21-47(42)53(49)41-26-23-35-15-7-8-18-37(35)29-41;1-2-12-31(13-3-1)40-17-10-20-45(46-40)48-42-19-9-7-16-37(42)39-29-34(23-26-44(39)48)33-22-25-43-38(28-33)36-15-6-8-18-41(36)47(43)35-24-21-30-11-4-5-14-32(30)27-35/h1-33H;1-29H. The Kier molecular flexibility index (Phi) is 13.8. The van der Waals surface area contributed by atoms with Crippen LogP contribution in [0.1, 0.15) is 0 Å². The topological polar surface area (TPSA) is 45.5 Å². The molecule has 0 saturated heterocycles. The lowest BCUT2D eigenvalue weighted by molar-refractivity contribution is 1.08. The number of fused-ring (bicyclic) bond motifs is 14. The molecule has 0 unspecified atom stereocenters. The Morgan fingerprint density at radius 2 is 0.490 bits per heavy atom. The highest BCUT2D eigenvalue weighted by Gasteiger charge is 2.21. The Labute approximate surface area is 588 Å². The Bertz CT molecular complexity index is 6820. The van der Waals surface area contributed by atoms with Crippen molar-refractivity contribution in [2.24, 2.45) is 0 Å². The van der Waals surface area contributed by atoms with Gasteiger partial charge in [0.1, 0.15) is 11.6 Å². The summed E-state index contributed by atoms with van der Waals surface area (Å²) in [7, 11) is 0. The molecule has 0 fully saturated rings. The molecule has 0 spiro atoms. The fourth-order valence-corrected chi connectivity index (χ4v) is 15.8. The van der Waals surface area contributed by atoms with E-state index in [0.29, 0.717) is 0 Å². The molecular weight excluding hydrogens is 1240 g/mol. The predicted molar refractivity (Wildman–Crippen MR) is 428 cm³/mol. The molecule has 0 amide bonds. The zero-order valence-corrected chi connectivity index (χ0v) is 55.5. The van der Waals surface area contributed by atoms with Crippen molar-refractivity contribution in [2.45, 2.75) is 0 Å². The summed E-state index contributed by atoms with van der Waals surface area (Å²) in [5.41, 5.74) is 22.9. The smallest absolute Gasteiger partial charge is 0.138 e. The summed E-state index contributed by atoms with van der Waals surface area (Å²) in [5, 5.41) is 14.8. The van der Waals surface area contributed by atoms with Gasteiger partial charge >= 0.3 is 0 Å². The average molecular weight is 1300 g/mol. The first-order chi connectivity index (χ1) is 50.6. The molecule has 0 aliphatic carbocycles. The van der Waals surface area contributed by atoms with Crippen LogP contribution in [0.4, 0.5) is 0 Å². The number of benzene rings is 15. The van der Waals surface area contributed by atoms with Gasteiger partial charge in [0.15, 0.2) is 0 Å². The maximum Gasteiger partial charge on any atom is 0.138 e. The first kappa shape index (κ1) is 58.5. The van der Waals surface area contributed by atoms with Crippen LogP contribution < -0.4 is 0 Å². The zero-order valence-electron chi connectivity index (χ0n) is 55.5. The largest absolute Gasteiger partial charge is 0.309 e. The summed E-state index contributed by atoms with van der Waals surface area (Å²) < 4.78 is 9.42. The third kappa shape index (κ3) is 9.87. The number of rotatable bonds is 9. The Balaban J connectivity index is 0.000000138. The fraction of sp³-hybridized carbons (Fsp3) is 0. The van der Waals surface area contributed by atoms with E-state index in [1.165, 1.54) is 126 Å². The molecule has 102 heavy (non-hydrogen) atoms. The minimum Gasteiger partial charge on any atom is -0.309 e. The highest BCUT2D eigenvalue weighted by Crippen LogP contribution is 2.42. The second-order valence-electron chi connectivity index (χ2n) is 26.5. The third-order valence-electron chi connectivity index (χ3n) is 20.6. The van der Waals surface area contributed by atoms with E-state index in [2.05, 4.69) is 388 Å². The van der Waals surface area contributed by atoms with Crippen molar-refractivity contribution in [1.82, 2.24) is 28.2 Å². The quantitative estimate of drug-likeness (QED) is 0.145. The van der Waals surface area contributed by atoms with Crippen molar-refractivity contribution in [3.63, 3.8) is 0 Å². The van der Waals surface area contributed by atoms with Crippen molar-refractivity contribution in [3.05, 3.63) is 376 Å². The molecule has 0 bridgehead atoms. The summed E-state index contributed by atoms with van der Waals surface area (Å²) in [6.07, 6.45) is 0. The Hall–Kier alpha value is -13.7. The summed E-state index contributed by atoms with van der Waals surface area (Å²) in [6.45, 7) is 0. The minimum absolute atomic E-state index is 0.900. The van der Waals surface area contributed by atoms with Crippen LogP contribution in [0.15, 0.2) is 376 Å². The van der Waals surface area contributed by atoms with Crippen molar-refractivity contribution in [3.8, 4) is 78.9 Å². The molecule has 0 atom stereocenters. The number of pyridine rings is 2. The van der Waals surface area contributed by atoms with E-state index in [0.717, 1.165) is 61.8 Å². The van der Waals surface area contributed by atoms with Crippen molar-refractivity contribution in [2.75, 3.05) is 0 Å². The van der Waals surface area contributed by atoms with Crippen LogP contribution in [0.5, 0.6) is 0 Å². The highest BCUT2D eigenvalue weighted by molar-refractivity contribution is 6.15. The number of nitrogens with zero attached hydrogens (tertiary/aromatic N) is 6. The van der Waals surface area contributed by atoms with Crippen LogP contribution in [-0.4, -0.2) is 28.2 Å². The normalized spacial score (nSPS) is 11.7. The van der Waals surface area contributed by atoms with Crippen molar-refractivity contribution in [1.29, 1.82) is 0 Å². The molecule has 6 heteroatoms. The molecule has 21 aromatic rings. The molecule has 0 N–H and O–H groups in total. The SMILES string of the molecule is c1ccc(-c2cc(-c3ccccc3)nc(-n3c4ccccc4c4cc(-c5ccc6c(c5)c5ccccc5n6-c5ccc6ccccc6c5)ccc43)c2)cc1.c1ccc(-c2cccc(-n3c4ccccc4c4cc(-c5ccc6c(c5)c5ccccc5n6-c5ccc6ccccc6c5)ccc43)n2)cc1. The third-order valence-corrected chi connectivity index (χ3v) is 20.6. The van der Waals surface area contributed by atoms with Crippen LogP contribution >= 0.6 is 0 Å². The second-order valence-corrected chi connectivity index (χ2v) is 26.5. The highest BCUT2D eigenvalue weighted by atomic mass is 15.1. The number of aromatic nitrogens is 6. The summed E-state index contributed by atoms with van der Waals surface area (Å²) in [6, 6.07) is 135. The molecule has 21 rings (SSSR count). The molecule has 6 nitrogen and oxygen atoms in total. The van der Waals surface area contributed by atoms with Gasteiger partial charge in [-0.3, -0.25) is 9.13 Å². The minimum atomic E-state index is 0.900. The van der Waals surface area contributed by atoms with Gasteiger partial charge < -0.3 is 9.13 Å². The first-order valence-corrected chi connectivity index (χ1v) is 34.9. The summed E-state index contributed by atoms with van der Waals surface area (Å²) in [5.74, 6) is 1.82. The van der Waals surface area contributed by atoms with Crippen LogP contribution in [0.25, 0.3) is 188 Å². The Morgan fingerprint density at radius 1 is 0.157 bits per heavy atom. The summed E-state index contributed by atoms with van der Waals surface area (Å²) >= 11 is 0. The van der Waals surface area contributed by atoms with Gasteiger partial charge in [-0.15, -0.1) is 0 Å². The van der Waals surface area contributed by atoms with Crippen molar-refractivity contribution >= 4 is 109 Å². The van der Waals surface area contributed by atoms with E-state index >= 15 is 0 Å². The summed E-state index contributed by atoms with van der Waals surface area (Å²) in [4.78, 5) is 10.5. The fourth-order valence-electron chi connectivity index (χ4n) is 15.8. The van der Waals surface area contributed by atoms with Crippen LogP contribution in [-0.2, 0) is 0 Å². The van der Waals surface area contributed by atoms with Gasteiger partial charge in [-0.2, -0.15) is 0 Å². The molecule has 15 aromatic carbocycles. The van der Waals surface area contributed by atoms with Crippen LogP contribution in [0, 0.1) is 0 Å². The van der Waals surface area contributed by atoms with Crippen LogP contribution in [0.3, 0.4) is 0 Å². The maximum absolute atomic E-state index is 5.32. The van der Waals surface area contributed by atoms with Gasteiger partial charge in [-0.25, -0.2) is 9.97 Å². The van der Waals surface area contributed by atoms with Crippen LogP contribution in [0.2, 0.25) is 0 Å². The average Bonchev–Trinajstić information content (AvgIpc) is 1.59. The van der Waals surface area contributed by atoms with E-state index in [4.69, 9.17) is 9.97 Å². The van der Waals surface area contributed by atoms with Gasteiger partial charge in [-0.1, -0.05) is 255 Å². The molecule has 0 aliphatic heterocycles. The molecule has 0 saturated carbocycles. The van der Waals surface area contributed by atoms with Gasteiger partial charge in [0.25, 0.3) is 0 Å². The van der Waals surface area contributed by atoms with Gasteiger partial charge in [0.2, 0.25) is 0 Å². The predicted octanol–water partition coefficient (Wildman–Crippen LogP) is 25.2. The van der Waals surface area contributed by atoms with Gasteiger partial charge in [0.05, 0.1) is 55.5 Å². The van der Waals surface area contributed by atoms with Gasteiger partial charge in [-0.05, 0) is 176 Å². The lowest BCUT2D eigenvalue weighted by atomic mass is 10.0. The second kappa shape index (κ2) is 24.1. The van der Waals surface area contributed by atoms with E-state index in [-0.39, 0.29) is 0 Å². The van der Waals surface area contributed by atoms with E-state index in [9.17, 15) is 0 Å². The molecule has 6 aromatic heterocycles. The van der Waals surface area contributed by atoms with Gasteiger partial charge in [0, 0.05) is 65.6 Å².